The maximum absolute atomic E-state index is 12.6. The first kappa shape index (κ1) is 20.9. The molecule has 1 unspecified atom stereocenters. The second-order valence-electron chi connectivity index (χ2n) is 6.45. The van der Waals surface area contributed by atoms with Crippen molar-refractivity contribution in [2.45, 2.75) is 32.9 Å². The maximum atomic E-state index is 12.6. The molecular weight excluding hydrogens is 401 g/mol. The van der Waals surface area contributed by atoms with E-state index in [4.69, 9.17) is 20.6 Å². The number of nitrogens with zero attached hydrogens (tertiary/aromatic N) is 2. The van der Waals surface area contributed by atoms with Gasteiger partial charge in [0.15, 0.2) is 0 Å². The fourth-order valence-corrected chi connectivity index (χ4v) is 5.10. The SMILES string of the molecule is CCOP(=O)(Cc1ccc(N=CC2CC(Cl)=NC3=C2CC(=O)N3)cc1)OCC. The first-order valence-corrected chi connectivity index (χ1v) is 11.3. The van der Waals surface area contributed by atoms with Crippen molar-refractivity contribution in [1.29, 1.82) is 0 Å². The number of carbonyl (C=O) groups excluding carboxylic acids is 1. The van der Waals surface area contributed by atoms with Crippen molar-refractivity contribution in [2.24, 2.45) is 15.9 Å². The Labute approximate surface area is 169 Å². The number of halogens is 1. The third kappa shape index (κ3) is 5.17. The van der Waals surface area contributed by atoms with Crippen LogP contribution in [0.2, 0.25) is 0 Å². The number of aliphatic imine (C=N–C) groups is 2. The molecule has 0 fully saturated rings. The van der Waals surface area contributed by atoms with Gasteiger partial charge >= 0.3 is 7.60 Å². The minimum Gasteiger partial charge on any atom is -0.310 e. The highest BCUT2D eigenvalue weighted by molar-refractivity contribution is 7.53. The Morgan fingerprint density at radius 3 is 2.61 bits per heavy atom. The van der Waals surface area contributed by atoms with Crippen LogP contribution >= 0.6 is 19.2 Å². The van der Waals surface area contributed by atoms with Crippen LogP contribution in [0, 0.1) is 5.92 Å². The van der Waals surface area contributed by atoms with Gasteiger partial charge in [0.05, 0.1) is 31.5 Å². The van der Waals surface area contributed by atoms with Gasteiger partial charge in [-0.15, -0.1) is 0 Å². The quantitative estimate of drug-likeness (QED) is 0.491. The first-order chi connectivity index (χ1) is 13.4. The molecule has 0 saturated heterocycles. The van der Waals surface area contributed by atoms with Crippen LogP contribution in [-0.2, 0) is 24.6 Å². The largest absolute Gasteiger partial charge is 0.335 e. The second-order valence-corrected chi connectivity index (χ2v) is 8.94. The minimum atomic E-state index is -3.13. The predicted molar refractivity (Wildman–Crippen MR) is 110 cm³/mol. The first-order valence-electron chi connectivity index (χ1n) is 9.19. The maximum Gasteiger partial charge on any atom is 0.335 e. The smallest absolute Gasteiger partial charge is 0.310 e. The van der Waals surface area contributed by atoms with Gasteiger partial charge in [0.1, 0.15) is 11.0 Å². The predicted octanol–water partition coefficient (Wildman–Crippen LogP) is 4.54. The zero-order valence-corrected chi connectivity index (χ0v) is 17.5. The fourth-order valence-electron chi connectivity index (χ4n) is 3.14. The lowest BCUT2D eigenvalue weighted by Gasteiger charge is -2.17. The van der Waals surface area contributed by atoms with E-state index in [0.29, 0.717) is 37.0 Å². The molecule has 0 radical (unpaired) electrons. The van der Waals surface area contributed by atoms with Crippen molar-refractivity contribution in [3.05, 3.63) is 41.2 Å². The molecule has 2 aliphatic heterocycles. The average molecular weight is 424 g/mol. The minimum absolute atomic E-state index is 0.0604. The molecule has 1 aromatic rings. The van der Waals surface area contributed by atoms with E-state index in [9.17, 15) is 9.36 Å². The van der Waals surface area contributed by atoms with Crippen LogP contribution in [0.4, 0.5) is 5.69 Å². The number of hydrogen-bond donors (Lipinski definition) is 1. The molecule has 1 N–H and O–H groups in total. The Morgan fingerprint density at radius 1 is 1.29 bits per heavy atom. The van der Waals surface area contributed by atoms with Gasteiger partial charge in [0.25, 0.3) is 0 Å². The van der Waals surface area contributed by atoms with E-state index in [1.165, 1.54) is 0 Å². The molecule has 0 saturated carbocycles. The molecule has 1 atom stereocenters. The summed E-state index contributed by atoms with van der Waals surface area (Å²) in [4.78, 5) is 20.3. The van der Waals surface area contributed by atoms with E-state index in [-0.39, 0.29) is 18.0 Å². The molecule has 9 heteroatoms. The molecule has 0 aliphatic carbocycles. The highest BCUT2D eigenvalue weighted by atomic mass is 35.5. The topological polar surface area (TPSA) is 89.4 Å². The number of carbonyl (C=O) groups is 1. The molecule has 0 aromatic heterocycles. The summed E-state index contributed by atoms with van der Waals surface area (Å²) in [6.07, 6.45) is 2.87. The number of nitrogens with one attached hydrogen (secondary N) is 1. The van der Waals surface area contributed by atoms with E-state index in [2.05, 4.69) is 15.3 Å². The highest BCUT2D eigenvalue weighted by Gasteiger charge is 2.30. The molecule has 2 heterocycles. The van der Waals surface area contributed by atoms with Gasteiger partial charge in [0.2, 0.25) is 5.91 Å². The average Bonchev–Trinajstić information content (AvgIpc) is 3.01. The summed E-state index contributed by atoms with van der Waals surface area (Å²) in [6, 6.07) is 7.41. The van der Waals surface area contributed by atoms with Crippen LogP contribution in [0.15, 0.2) is 45.6 Å². The van der Waals surface area contributed by atoms with Gasteiger partial charge in [-0.25, -0.2) is 4.99 Å². The van der Waals surface area contributed by atoms with E-state index < -0.39 is 7.60 Å². The van der Waals surface area contributed by atoms with Crippen molar-refractivity contribution in [3.63, 3.8) is 0 Å². The summed E-state index contributed by atoms with van der Waals surface area (Å²) in [5, 5.41) is 3.18. The monoisotopic (exact) mass is 423 g/mol. The van der Waals surface area contributed by atoms with Gasteiger partial charge in [-0.3, -0.25) is 14.4 Å². The van der Waals surface area contributed by atoms with Crippen LogP contribution in [0.25, 0.3) is 0 Å². The number of hydrogen-bond acceptors (Lipinski definition) is 6. The standard InChI is InChI=1S/C19H23ClN3O4P/c1-3-26-28(25,27-4-2)12-13-5-7-15(8-6-13)21-11-14-9-17(20)22-19-16(14)10-18(24)23-19/h5-8,11,14H,3-4,9-10,12H2,1-2H3,(H,23,24). The van der Waals surface area contributed by atoms with Crippen LogP contribution in [-0.4, -0.2) is 30.5 Å². The third-order valence-electron chi connectivity index (χ3n) is 4.35. The van der Waals surface area contributed by atoms with Crippen molar-refractivity contribution < 1.29 is 18.4 Å². The van der Waals surface area contributed by atoms with Crippen molar-refractivity contribution in [1.82, 2.24) is 5.32 Å². The van der Waals surface area contributed by atoms with Crippen molar-refractivity contribution in [3.8, 4) is 0 Å². The zero-order valence-electron chi connectivity index (χ0n) is 15.9. The summed E-state index contributed by atoms with van der Waals surface area (Å²) in [7, 11) is -3.13. The number of rotatable bonds is 8. The lowest BCUT2D eigenvalue weighted by molar-refractivity contribution is -0.118. The fraction of sp³-hybridized carbons (Fsp3) is 0.421. The van der Waals surface area contributed by atoms with Gasteiger partial charge in [-0.1, -0.05) is 23.7 Å². The molecule has 2 aliphatic rings. The Kier molecular flexibility index (Phi) is 6.83. The van der Waals surface area contributed by atoms with Crippen LogP contribution < -0.4 is 5.32 Å². The zero-order chi connectivity index (χ0) is 20.1. The molecule has 7 nitrogen and oxygen atoms in total. The normalized spacial score (nSPS) is 19.8. The molecule has 1 amide bonds. The lowest BCUT2D eigenvalue weighted by atomic mass is 9.94. The second kappa shape index (κ2) is 9.14. The van der Waals surface area contributed by atoms with E-state index in [1.807, 2.05) is 24.3 Å². The Hall–Kier alpha value is -1.79. The molecule has 28 heavy (non-hydrogen) atoms. The van der Waals surface area contributed by atoms with Crippen LogP contribution in [0.1, 0.15) is 32.3 Å². The number of benzene rings is 1. The van der Waals surface area contributed by atoms with E-state index in [1.54, 1.807) is 20.1 Å². The Bertz CT molecular complexity index is 870. The third-order valence-corrected chi connectivity index (χ3v) is 6.64. The summed E-state index contributed by atoms with van der Waals surface area (Å²) < 4.78 is 23.3. The summed E-state index contributed by atoms with van der Waals surface area (Å²) in [5.74, 6) is 0.418. The molecule has 3 rings (SSSR count). The van der Waals surface area contributed by atoms with Crippen LogP contribution in [0.5, 0.6) is 0 Å². The van der Waals surface area contributed by atoms with Crippen molar-refractivity contribution >= 4 is 42.2 Å². The molecule has 0 bridgehead atoms. The van der Waals surface area contributed by atoms with E-state index >= 15 is 0 Å². The van der Waals surface area contributed by atoms with Crippen molar-refractivity contribution in [2.75, 3.05) is 13.2 Å². The van der Waals surface area contributed by atoms with Gasteiger partial charge < -0.3 is 14.4 Å². The van der Waals surface area contributed by atoms with Gasteiger partial charge in [0, 0.05) is 18.6 Å². The summed E-state index contributed by atoms with van der Waals surface area (Å²) in [5.41, 5.74) is 2.53. The lowest BCUT2D eigenvalue weighted by Crippen LogP contribution is -2.17. The Balaban J connectivity index is 1.68. The van der Waals surface area contributed by atoms with E-state index in [0.717, 1.165) is 16.8 Å². The van der Waals surface area contributed by atoms with Gasteiger partial charge in [-0.05, 0) is 37.1 Å². The molecular formula is C19H23ClN3O4P. The molecule has 0 spiro atoms. The molecule has 1 aromatic carbocycles. The summed E-state index contributed by atoms with van der Waals surface area (Å²) >= 11 is 6.09. The Morgan fingerprint density at radius 2 is 1.96 bits per heavy atom. The summed E-state index contributed by atoms with van der Waals surface area (Å²) in [6.45, 7) is 4.25. The van der Waals surface area contributed by atoms with Gasteiger partial charge in [-0.2, -0.15) is 0 Å². The number of amides is 1. The molecule has 150 valence electrons. The van der Waals surface area contributed by atoms with Crippen LogP contribution in [0.3, 0.4) is 0 Å². The highest BCUT2D eigenvalue weighted by Crippen LogP contribution is 2.51.